The molecule has 3 aromatic carbocycles. The summed E-state index contributed by atoms with van der Waals surface area (Å²) < 4.78 is 5.98. The summed E-state index contributed by atoms with van der Waals surface area (Å²) in [7, 11) is 0. The molecule has 3 N–H and O–H groups in total. The highest BCUT2D eigenvalue weighted by Crippen LogP contribution is 2.27. The Kier molecular flexibility index (Phi) is 7.80. The highest BCUT2D eigenvalue weighted by molar-refractivity contribution is 6.30. The van der Waals surface area contributed by atoms with E-state index in [1.807, 2.05) is 60.7 Å². The molecule has 4 aromatic rings. The minimum absolute atomic E-state index is 0.248. The molecule has 7 nitrogen and oxygen atoms in total. The van der Waals surface area contributed by atoms with Gasteiger partial charge < -0.3 is 20.2 Å². The first-order valence-electron chi connectivity index (χ1n) is 11.1. The van der Waals surface area contributed by atoms with Crippen LogP contribution in [0.3, 0.4) is 0 Å². The fourth-order valence-electron chi connectivity index (χ4n) is 3.69. The number of carboxylic acid groups (broad SMARTS) is 1. The van der Waals surface area contributed by atoms with E-state index in [2.05, 4.69) is 15.6 Å². The number of nitrogens with one attached hydrogen (secondary N) is 2. The van der Waals surface area contributed by atoms with Crippen LogP contribution < -0.4 is 10.6 Å². The molecule has 0 unspecified atom stereocenters. The largest absolute Gasteiger partial charge is 0.465 e. The maximum atomic E-state index is 13.2. The molecule has 0 aliphatic heterocycles. The van der Waals surface area contributed by atoms with Crippen LogP contribution in [0.5, 0.6) is 0 Å². The minimum atomic E-state index is -1.09. The van der Waals surface area contributed by atoms with Gasteiger partial charge in [0, 0.05) is 22.7 Å². The number of carbonyl (C=O) groups is 2. The molecule has 0 saturated carbocycles. The second kappa shape index (κ2) is 11.4. The molecule has 0 aliphatic rings. The van der Waals surface area contributed by atoms with E-state index in [0.29, 0.717) is 35.1 Å². The van der Waals surface area contributed by atoms with E-state index in [0.717, 1.165) is 16.7 Å². The third-order valence-corrected chi connectivity index (χ3v) is 5.65. The van der Waals surface area contributed by atoms with E-state index < -0.39 is 12.1 Å². The van der Waals surface area contributed by atoms with Gasteiger partial charge in [-0.1, -0.05) is 66.2 Å². The molecule has 2 amide bonds. The van der Waals surface area contributed by atoms with Crippen LogP contribution in [0.25, 0.3) is 22.5 Å². The lowest BCUT2D eigenvalue weighted by atomic mass is 10.0. The molecule has 1 atom stereocenters. The highest BCUT2D eigenvalue weighted by atomic mass is 35.5. The Morgan fingerprint density at radius 2 is 1.66 bits per heavy atom. The zero-order chi connectivity index (χ0) is 24.6. The lowest BCUT2D eigenvalue weighted by Gasteiger charge is -2.16. The predicted octanol–water partition coefficient (Wildman–Crippen LogP) is 6.18. The van der Waals surface area contributed by atoms with Crippen molar-refractivity contribution in [2.75, 3.05) is 6.54 Å². The van der Waals surface area contributed by atoms with E-state index in [1.165, 1.54) is 0 Å². The molecule has 178 valence electrons. The van der Waals surface area contributed by atoms with E-state index in [-0.39, 0.29) is 12.5 Å². The number of halogens is 1. The van der Waals surface area contributed by atoms with Gasteiger partial charge >= 0.3 is 6.09 Å². The number of carbonyl (C=O) groups excluding carboxylic acids is 1. The van der Waals surface area contributed by atoms with Crippen LogP contribution in [0.15, 0.2) is 89.5 Å². The maximum Gasteiger partial charge on any atom is 0.404 e. The van der Waals surface area contributed by atoms with Crippen molar-refractivity contribution >= 4 is 23.6 Å². The monoisotopic (exact) mass is 489 g/mol. The topological polar surface area (TPSA) is 104 Å². The minimum Gasteiger partial charge on any atom is -0.465 e. The quantitative estimate of drug-likeness (QED) is 0.243. The zero-order valence-corrected chi connectivity index (χ0v) is 19.5. The van der Waals surface area contributed by atoms with Gasteiger partial charge in [0.05, 0.1) is 6.20 Å². The van der Waals surface area contributed by atoms with Crippen LogP contribution in [-0.4, -0.2) is 28.6 Å². The molecule has 0 radical (unpaired) electrons. The molecule has 0 fully saturated rings. The van der Waals surface area contributed by atoms with Crippen LogP contribution in [-0.2, 0) is 0 Å². The molecule has 8 heteroatoms. The number of oxazole rings is 1. The van der Waals surface area contributed by atoms with E-state index in [9.17, 15) is 9.59 Å². The van der Waals surface area contributed by atoms with Crippen LogP contribution >= 0.6 is 11.6 Å². The van der Waals surface area contributed by atoms with Crippen molar-refractivity contribution in [1.29, 1.82) is 0 Å². The molecular weight excluding hydrogens is 466 g/mol. The van der Waals surface area contributed by atoms with Gasteiger partial charge in [0.2, 0.25) is 5.89 Å². The van der Waals surface area contributed by atoms with Gasteiger partial charge in [-0.3, -0.25) is 4.79 Å². The van der Waals surface area contributed by atoms with Crippen LogP contribution in [0.1, 0.15) is 35.1 Å². The summed E-state index contributed by atoms with van der Waals surface area (Å²) in [5, 5.41) is 14.8. The van der Waals surface area contributed by atoms with Crippen LogP contribution in [0.4, 0.5) is 4.79 Å². The standard InChI is InChI=1S/C27H24ClN3O4/c28-22-12-5-10-20(16-22)19-9-4-11-21(15-19)25(32)31-23(13-6-14-29-27(33)34)26-30-17-24(35-26)18-7-2-1-3-8-18/h1-5,7-12,15-17,23,29H,6,13-14H2,(H,31,32)(H,33,34)/t23-/m0/s1. The van der Waals surface area contributed by atoms with Crippen molar-refractivity contribution in [1.82, 2.24) is 15.6 Å². The Bertz CT molecular complexity index is 1310. The number of hydrogen-bond donors (Lipinski definition) is 3. The van der Waals surface area contributed by atoms with Crippen LogP contribution in [0.2, 0.25) is 5.02 Å². The zero-order valence-electron chi connectivity index (χ0n) is 18.8. The third kappa shape index (κ3) is 6.49. The number of hydrogen-bond acceptors (Lipinski definition) is 4. The lowest BCUT2D eigenvalue weighted by molar-refractivity contribution is 0.0927. The molecule has 0 bridgehead atoms. The van der Waals surface area contributed by atoms with Crippen molar-refractivity contribution in [3.63, 3.8) is 0 Å². The van der Waals surface area contributed by atoms with E-state index in [4.69, 9.17) is 21.1 Å². The fraction of sp³-hybridized carbons (Fsp3) is 0.148. The second-order valence-corrected chi connectivity index (χ2v) is 8.36. The van der Waals surface area contributed by atoms with E-state index in [1.54, 1.807) is 24.4 Å². The van der Waals surface area contributed by atoms with Gasteiger partial charge in [-0.15, -0.1) is 0 Å². The maximum absolute atomic E-state index is 13.2. The summed E-state index contributed by atoms with van der Waals surface area (Å²) in [4.78, 5) is 28.4. The van der Waals surface area contributed by atoms with Crippen molar-refractivity contribution in [2.24, 2.45) is 0 Å². The molecule has 0 spiro atoms. The number of amides is 2. The normalized spacial score (nSPS) is 11.6. The molecule has 1 aromatic heterocycles. The fourth-order valence-corrected chi connectivity index (χ4v) is 3.88. The smallest absolute Gasteiger partial charge is 0.404 e. The van der Waals surface area contributed by atoms with Gasteiger partial charge in [0.25, 0.3) is 5.91 Å². The lowest BCUT2D eigenvalue weighted by Crippen LogP contribution is -2.30. The first-order valence-corrected chi connectivity index (χ1v) is 11.5. The Morgan fingerprint density at radius 1 is 0.943 bits per heavy atom. The highest BCUT2D eigenvalue weighted by Gasteiger charge is 2.21. The molecule has 0 saturated heterocycles. The third-order valence-electron chi connectivity index (χ3n) is 5.41. The molecular formula is C27H24ClN3O4. The van der Waals surface area contributed by atoms with E-state index >= 15 is 0 Å². The molecule has 35 heavy (non-hydrogen) atoms. The summed E-state index contributed by atoms with van der Waals surface area (Å²) in [6, 6.07) is 23.7. The predicted molar refractivity (Wildman–Crippen MR) is 134 cm³/mol. The number of rotatable bonds is 9. The second-order valence-electron chi connectivity index (χ2n) is 7.92. The molecule has 1 heterocycles. The van der Waals surface area contributed by atoms with Gasteiger partial charge in [-0.25, -0.2) is 9.78 Å². The molecule has 0 aliphatic carbocycles. The Morgan fingerprint density at radius 3 is 2.40 bits per heavy atom. The van der Waals surface area contributed by atoms with Crippen molar-refractivity contribution in [3.05, 3.63) is 102 Å². The first-order chi connectivity index (χ1) is 17.0. The summed E-state index contributed by atoms with van der Waals surface area (Å²) in [6.45, 7) is 0.248. The average molecular weight is 490 g/mol. The Hall–Kier alpha value is -4.10. The van der Waals surface area contributed by atoms with Crippen molar-refractivity contribution in [3.8, 4) is 22.5 Å². The summed E-state index contributed by atoms with van der Waals surface area (Å²) >= 11 is 6.12. The number of benzene rings is 3. The average Bonchev–Trinajstić information content (AvgIpc) is 3.36. The summed E-state index contributed by atoms with van der Waals surface area (Å²) in [5.41, 5.74) is 3.12. The Balaban J connectivity index is 1.54. The summed E-state index contributed by atoms with van der Waals surface area (Å²) in [5.74, 6) is 0.662. The van der Waals surface area contributed by atoms with Crippen molar-refractivity contribution in [2.45, 2.75) is 18.9 Å². The Labute approximate surface area is 207 Å². The SMILES string of the molecule is O=C(O)NCCC[C@H](NC(=O)c1cccc(-c2cccc(Cl)c2)c1)c1ncc(-c2ccccc2)o1. The van der Waals surface area contributed by atoms with Gasteiger partial charge in [0.15, 0.2) is 5.76 Å². The summed E-state index contributed by atoms with van der Waals surface area (Å²) in [6.07, 6.45) is 1.46. The van der Waals surface area contributed by atoms with Crippen molar-refractivity contribution < 1.29 is 19.1 Å². The van der Waals surface area contributed by atoms with Gasteiger partial charge in [-0.05, 0) is 48.2 Å². The van der Waals surface area contributed by atoms with Gasteiger partial charge in [0.1, 0.15) is 6.04 Å². The van der Waals surface area contributed by atoms with Gasteiger partial charge in [-0.2, -0.15) is 0 Å². The van der Waals surface area contributed by atoms with Crippen LogP contribution in [0, 0.1) is 0 Å². The number of aromatic nitrogens is 1. The molecule has 4 rings (SSSR count). The number of nitrogens with zero attached hydrogens (tertiary/aromatic N) is 1. The first kappa shape index (κ1) is 24.0.